The number of aromatic hydroxyl groups is 3. The lowest BCUT2D eigenvalue weighted by molar-refractivity contribution is 0.367. The van der Waals surface area contributed by atoms with Crippen molar-refractivity contribution in [3.05, 3.63) is 17.7 Å². The second-order valence-electron chi connectivity index (χ2n) is 2.34. The van der Waals surface area contributed by atoms with Gasteiger partial charge in [-0.1, -0.05) is 48.5 Å². The van der Waals surface area contributed by atoms with Gasteiger partial charge >= 0.3 is 0 Å². The average Bonchev–Trinajstić information content (AvgIpc) is 2.42. The zero-order chi connectivity index (χ0) is 14.4. The standard InChI is InChI=1S/C8H10O3.3C2H6/c1-2-5-3-6(9)8(11)7(10)4-5;3*1-2/h3-4,9-11H,2H2,1H3;3*1-2H3. The van der Waals surface area contributed by atoms with Crippen molar-refractivity contribution in [1.29, 1.82) is 0 Å². The predicted molar refractivity (Wildman–Crippen MR) is 74.9 cm³/mol. The fraction of sp³-hybridized carbons (Fsp3) is 0.571. The molecule has 1 aromatic carbocycles. The van der Waals surface area contributed by atoms with E-state index in [9.17, 15) is 0 Å². The van der Waals surface area contributed by atoms with Gasteiger partial charge in [-0.15, -0.1) is 0 Å². The molecule has 0 aliphatic rings. The van der Waals surface area contributed by atoms with E-state index in [0.29, 0.717) is 6.42 Å². The van der Waals surface area contributed by atoms with Crippen LogP contribution in [0.3, 0.4) is 0 Å². The molecule has 1 aromatic rings. The average molecular weight is 244 g/mol. The lowest BCUT2D eigenvalue weighted by Crippen LogP contribution is -1.79. The summed E-state index contributed by atoms with van der Waals surface area (Å²) in [6, 6.07) is 2.85. The molecule has 0 aromatic heterocycles. The summed E-state index contributed by atoms with van der Waals surface area (Å²) in [5.41, 5.74) is 0.790. The number of phenols is 3. The summed E-state index contributed by atoms with van der Waals surface area (Å²) in [6.45, 7) is 13.9. The molecule has 0 heterocycles. The van der Waals surface area contributed by atoms with Gasteiger partial charge in [-0.2, -0.15) is 0 Å². The highest BCUT2D eigenvalue weighted by Gasteiger charge is 2.05. The molecule has 0 amide bonds. The summed E-state index contributed by atoms with van der Waals surface area (Å²) in [6.07, 6.45) is 0.710. The zero-order valence-corrected chi connectivity index (χ0v) is 12.2. The van der Waals surface area contributed by atoms with E-state index in [-0.39, 0.29) is 11.5 Å². The van der Waals surface area contributed by atoms with Gasteiger partial charge in [0.1, 0.15) is 0 Å². The number of phenolic OH excluding ortho intramolecular Hbond substituents is 3. The van der Waals surface area contributed by atoms with Crippen LogP contribution in [0, 0.1) is 0 Å². The minimum atomic E-state index is -0.456. The highest BCUT2D eigenvalue weighted by atomic mass is 16.3. The van der Waals surface area contributed by atoms with Crippen LogP contribution in [-0.2, 0) is 6.42 Å². The third-order valence-electron chi connectivity index (χ3n) is 1.54. The SMILES string of the molecule is CC.CC.CC.CCc1cc(O)c(O)c(O)c1. The minimum Gasteiger partial charge on any atom is -0.504 e. The molecule has 0 radical (unpaired) electrons. The Morgan fingerprint density at radius 3 is 1.29 bits per heavy atom. The van der Waals surface area contributed by atoms with Gasteiger partial charge in [0.15, 0.2) is 17.2 Å². The van der Waals surface area contributed by atoms with E-state index < -0.39 is 5.75 Å². The first-order valence-electron chi connectivity index (χ1n) is 6.39. The van der Waals surface area contributed by atoms with Crippen molar-refractivity contribution < 1.29 is 15.3 Å². The summed E-state index contributed by atoms with van der Waals surface area (Å²) in [5.74, 6) is -1.01. The van der Waals surface area contributed by atoms with Crippen molar-refractivity contribution in [2.75, 3.05) is 0 Å². The van der Waals surface area contributed by atoms with Gasteiger partial charge in [-0.3, -0.25) is 0 Å². The van der Waals surface area contributed by atoms with Crippen LogP contribution < -0.4 is 0 Å². The van der Waals surface area contributed by atoms with Crippen LogP contribution in [0.2, 0.25) is 0 Å². The predicted octanol–water partition coefficient (Wildman–Crippen LogP) is 4.44. The molecule has 0 saturated heterocycles. The van der Waals surface area contributed by atoms with E-state index >= 15 is 0 Å². The molecule has 0 spiro atoms. The first kappa shape index (κ1) is 21.0. The van der Waals surface area contributed by atoms with Crippen molar-refractivity contribution >= 4 is 0 Å². The van der Waals surface area contributed by atoms with E-state index in [4.69, 9.17) is 15.3 Å². The number of hydrogen-bond donors (Lipinski definition) is 3. The van der Waals surface area contributed by atoms with Gasteiger partial charge in [-0.05, 0) is 24.1 Å². The normalized spacial score (nSPS) is 7.47. The molecule has 3 N–H and O–H groups in total. The first-order chi connectivity index (χ1) is 8.15. The zero-order valence-electron chi connectivity index (χ0n) is 12.2. The van der Waals surface area contributed by atoms with Crippen LogP contribution in [0.1, 0.15) is 54.0 Å². The molecule has 3 nitrogen and oxygen atoms in total. The molecule has 0 unspecified atom stereocenters. The third kappa shape index (κ3) is 8.43. The van der Waals surface area contributed by atoms with Gasteiger partial charge in [0.05, 0.1) is 0 Å². The fourth-order valence-corrected chi connectivity index (χ4v) is 0.865. The Kier molecular flexibility index (Phi) is 18.0. The number of rotatable bonds is 1. The molecule has 3 heteroatoms. The lowest BCUT2D eigenvalue weighted by atomic mass is 10.1. The molecular weight excluding hydrogens is 216 g/mol. The quantitative estimate of drug-likeness (QED) is 0.640. The Balaban J connectivity index is -0.000000285. The van der Waals surface area contributed by atoms with Gasteiger partial charge in [0, 0.05) is 0 Å². The summed E-state index contributed by atoms with van der Waals surface area (Å²) < 4.78 is 0. The van der Waals surface area contributed by atoms with Crippen molar-refractivity contribution in [1.82, 2.24) is 0 Å². The van der Waals surface area contributed by atoms with E-state index in [1.165, 1.54) is 12.1 Å². The highest BCUT2D eigenvalue weighted by Crippen LogP contribution is 2.35. The lowest BCUT2D eigenvalue weighted by Gasteiger charge is -2.02. The van der Waals surface area contributed by atoms with Crippen molar-refractivity contribution in [3.63, 3.8) is 0 Å². The Morgan fingerprint density at radius 1 is 0.765 bits per heavy atom. The van der Waals surface area contributed by atoms with E-state index in [1.54, 1.807) is 0 Å². The molecule has 0 bridgehead atoms. The van der Waals surface area contributed by atoms with Gasteiger partial charge < -0.3 is 15.3 Å². The molecule has 0 fully saturated rings. The van der Waals surface area contributed by atoms with Crippen molar-refractivity contribution in [2.24, 2.45) is 0 Å². The summed E-state index contributed by atoms with van der Waals surface area (Å²) in [7, 11) is 0. The number of hydrogen-bond acceptors (Lipinski definition) is 3. The Bertz CT molecular complexity index is 247. The van der Waals surface area contributed by atoms with E-state index in [2.05, 4.69) is 0 Å². The summed E-state index contributed by atoms with van der Waals surface area (Å²) in [5, 5.41) is 26.9. The topological polar surface area (TPSA) is 60.7 Å². The monoisotopic (exact) mass is 244 g/mol. The molecule has 102 valence electrons. The van der Waals surface area contributed by atoms with Crippen molar-refractivity contribution in [3.8, 4) is 17.2 Å². The second-order valence-corrected chi connectivity index (χ2v) is 2.34. The molecule has 17 heavy (non-hydrogen) atoms. The van der Waals surface area contributed by atoms with Gasteiger partial charge in [0.2, 0.25) is 0 Å². The van der Waals surface area contributed by atoms with Gasteiger partial charge in [0.25, 0.3) is 0 Å². The Hall–Kier alpha value is -1.38. The Labute approximate surface area is 106 Å². The number of benzene rings is 1. The smallest absolute Gasteiger partial charge is 0.200 e. The summed E-state index contributed by atoms with van der Waals surface area (Å²) >= 11 is 0. The maximum Gasteiger partial charge on any atom is 0.200 e. The Morgan fingerprint density at radius 2 is 1.06 bits per heavy atom. The maximum absolute atomic E-state index is 9.00. The van der Waals surface area contributed by atoms with Crippen LogP contribution in [0.15, 0.2) is 12.1 Å². The van der Waals surface area contributed by atoms with E-state index in [1.807, 2.05) is 48.5 Å². The van der Waals surface area contributed by atoms with Crippen LogP contribution in [0.25, 0.3) is 0 Å². The van der Waals surface area contributed by atoms with Crippen molar-refractivity contribution in [2.45, 2.75) is 54.9 Å². The fourth-order valence-electron chi connectivity index (χ4n) is 0.865. The van der Waals surface area contributed by atoms with Crippen LogP contribution in [-0.4, -0.2) is 15.3 Å². The van der Waals surface area contributed by atoms with Crippen LogP contribution in [0.5, 0.6) is 17.2 Å². The molecule has 0 aliphatic carbocycles. The summed E-state index contributed by atoms with van der Waals surface area (Å²) in [4.78, 5) is 0. The van der Waals surface area contributed by atoms with Gasteiger partial charge in [-0.25, -0.2) is 0 Å². The maximum atomic E-state index is 9.00. The first-order valence-corrected chi connectivity index (χ1v) is 6.39. The largest absolute Gasteiger partial charge is 0.504 e. The second kappa shape index (κ2) is 14.6. The highest BCUT2D eigenvalue weighted by molar-refractivity contribution is 5.50. The molecule has 0 atom stereocenters. The molecule has 0 aliphatic heterocycles. The van der Waals surface area contributed by atoms with Crippen LogP contribution in [0.4, 0.5) is 0 Å². The molecule has 1 rings (SSSR count). The molecular formula is C14H28O3. The third-order valence-corrected chi connectivity index (χ3v) is 1.54. The minimum absolute atomic E-state index is 0.276. The molecule has 0 saturated carbocycles. The number of aryl methyl sites for hydroxylation is 1. The van der Waals surface area contributed by atoms with E-state index in [0.717, 1.165) is 5.56 Å². The van der Waals surface area contributed by atoms with Crippen LogP contribution >= 0.6 is 0 Å².